The molecule has 1 radical (unpaired) electrons. The van der Waals surface area contributed by atoms with Gasteiger partial charge in [0.2, 0.25) is 5.43 Å². The van der Waals surface area contributed by atoms with Crippen LogP contribution in [0.1, 0.15) is 16.1 Å². The third-order valence-corrected chi connectivity index (χ3v) is 4.05. The molecule has 2 aliphatic rings. The summed E-state index contributed by atoms with van der Waals surface area (Å²) in [7, 11) is 0. The van der Waals surface area contributed by atoms with Gasteiger partial charge in [-0.2, -0.15) is 0 Å². The highest BCUT2D eigenvalue weighted by molar-refractivity contribution is 5.96. The van der Waals surface area contributed by atoms with Crippen molar-refractivity contribution in [1.82, 2.24) is 9.58 Å². The number of amides is 1. The van der Waals surface area contributed by atoms with Gasteiger partial charge in [0.15, 0.2) is 11.4 Å². The molecule has 0 spiro atoms. The minimum Gasteiger partial charge on any atom is -0.482 e. The molecule has 1 unspecified atom stereocenters. The van der Waals surface area contributed by atoms with Crippen LogP contribution in [-0.4, -0.2) is 34.8 Å². The lowest BCUT2D eigenvalue weighted by Gasteiger charge is -2.41. The summed E-state index contributed by atoms with van der Waals surface area (Å²) in [5.41, 5.74) is 3.97. The summed E-state index contributed by atoms with van der Waals surface area (Å²) in [6.07, 6.45) is 1.28. The van der Waals surface area contributed by atoms with E-state index >= 15 is 0 Å². The van der Waals surface area contributed by atoms with Gasteiger partial charge in [0, 0.05) is 12.3 Å². The third kappa shape index (κ3) is 2.52. The zero-order valence-electron chi connectivity index (χ0n) is 12.8. The van der Waals surface area contributed by atoms with Crippen LogP contribution in [0.25, 0.3) is 0 Å². The molecule has 1 aromatic carbocycles. The van der Waals surface area contributed by atoms with E-state index in [1.807, 2.05) is 30.3 Å². The fraction of sp³-hybridized carbons (Fsp3) is 0.235. The summed E-state index contributed by atoms with van der Waals surface area (Å²) in [5, 5.41) is 0. The molecule has 3 heterocycles. The second-order valence-corrected chi connectivity index (χ2v) is 5.60. The van der Waals surface area contributed by atoms with Crippen molar-refractivity contribution in [3.05, 3.63) is 70.7 Å². The Hall–Kier alpha value is -2.80. The van der Waals surface area contributed by atoms with Gasteiger partial charge in [-0.25, -0.2) is 0 Å². The number of morpholine rings is 1. The Morgan fingerprint density at radius 3 is 2.88 bits per heavy atom. The van der Waals surface area contributed by atoms with Crippen molar-refractivity contribution in [3.63, 3.8) is 0 Å². The predicted molar refractivity (Wildman–Crippen MR) is 85.9 cm³/mol. The molecule has 2 aromatic rings. The topological polar surface area (TPSA) is 72.8 Å². The number of fused-ring (bicyclic) bond motifs is 2. The molecule has 0 aliphatic carbocycles. The first-order valence-corrected chi connectivity index (χ1v) is 7.67. The van der Waals surface area contributed by atoms with Gasteiger partial charge in [0.05, 0.1) is 13.2 Å². The lowest BCUT2D eigenvalue weighted by molar-refractivity contribution is 0.0230. The zero-order chi connectivity index (χ0) is 16.5. The number of pyridine rings is 1. The first-order chi connectivity index (χ1) is 11.7. The summed E-state index contributed by atoms with van der Waals surface area (Å²) in [4.78, 5) is 26.7. The number of nitrogens with zero attached hydrogens (tertiary/aromatic N) is 2. The first-order valence-electron chi connectivity index (χ1n) is 7.67. The van der Waals surface area contributed by atoms with E-state index in [1.165, 1.54) is 6.07 Å². The Morgan fingerprint density at radius 1 is 1.21 bits per heavy atom. The fourth-order valence-corrected chi connectivity index (χ4v) is 2.83. The molecular formula is C17H16N3O4. The van der Waals surface area contributed by atoms with E-state index < -0.39 is 0 Å². The fourth-order valence-electron chi connectivity index (χ4n) is 2.83. The minimum absolute atomic E-state index is 0.0591. The lowest BCUT2D eigenvalue weighted by Crippen LogP contribution is -2.58. The minimum atomic E-state index is -0.317. The molecule has 1 fully saturated rings. The van der Waals surface area contributed by atoms with Crippen molar-refractivity contribution < 1.29 is 14.3 Å². The molecule has 24 heavy (non-hydrogen) atoms. The number of hydrogen-bond acceptors (Lipinski definition) is 5. The van der Waals surface area contributed by atoms with Crippen molar-refractivity contribution in [1.29, 1.82) is 0 Å². The monoisotopic (exact) mass is 326 g/mol. The molecule has 123 valence electrons. The normalized spacial score (nSPS) is 19.2. The molecule has 2 aliphatic heterocycles. The number of ether oxygens (including phenoxy) is 2. The summed E-state index contributed by atoms with van der Waals surface area (Å²) in [6, 6.07) is 10.9. The van der Waals surface area contributed by atoms with Gasteiger partial charge < -0.3 is 19.8 Å². The van der Waals surface area contributed by atoms with Crippen LogP contribution >= 0.6 is 0 Å². The van der Waals surface area contributed by atoms with E-state index in [1.54, 1.807) is 22.4 Å². The molecule has 0 bridgehead atoms. The second kappa shape index (κ2) is 6.01. The first kappa shape index (κ1) is 14.8. The smallest absolute Gasteiger partial charge is 0.278 e. The molecule has 0 saturated carbocycles. The van der Waals surface area contributed by atoms with E-state index in [9.17, 15) is 9.59 Å². The van der Waals surface area contributed by atoms with E-state index in [0.717, 1.165) is 5.56 Å². The molecule has 1 amide bonds. The van der Waals surface area contributed by atoms with Crippen molar-refractivity contribution in [2.75, 3.05) is 18.6 Å². The summed E-state index contributed by atoms with van der Waals surface area (Å²) >= 11 is 0. The molecule has 1 aromatic heterocycles. The third-order valence-electron chi connectivity index (χ3n) is 4.05. The summed E-state index contributed by atoms with van der Waals surface area (Å²) < 4.78 is 12.5. The van der Waals surface area contributed by atoms with Crippen LogP contribution in [0.5, 0.6) is 5.75 Å². The van der Waals surface area contributed by atoms with Crippen molar-refractivity contribution in [2.45, 2.75) is 12.8 Å². The maximum atomic E-state index is 12.8. The average molecular weight is 326 g/mol. The molecule has 1 N–H and O–H groups in total. The van der Waals surface area contributed by atoms with Crippen LogP contribution in [0, 0.1) is 6.61 Å². The molecular weight excluding hydrogens is 310 g/mol. The Balaban J connectivity index is 1.68. The van der Waals surface area contributed by atoms with E-state index in [-0.39, 0.29) is 35.6 Å². The zero-order valence-corrected chi connectivity index (χ0v) is 12.8. The maximum Gasteiger partial charge on any atom is 0.278 e. The van der Waals surface area contributed by atoms with Gasteiger partial charge in [-0.1, -0.05) is 30.3 Å². The van der Waals surface area contributed by atoms with E-state index in [4.69, 9.17) is 9.47 Å². The van der Waals surface area contributed by atoms with Crippen LogP contribution in [0.4, 0.5) is 0 Å². The molecule has 7 nitrogen and oxygen atoms in total. The Labute approximate surface area is 138 Å². The van der Waals surface area contributed by atoms with Crippen molar-refractivity contribution in [3.8, 4) is 5.75 Å². The summed E-state index contributed by atoms with van der Waals surface area (Å²) in [5.74, 6) is -0.192. The van der Waals surface area contributed by atoms with Crippen LogP contribution in [0.15, 0.2) is 47.4 Å². The second-order valence-electron chi connectivity index (χ2n) is 5.60. The number of benzene rings is 1. The standard InChI is InChI=1S/C17H16N3O4/c21-13-6-7-20-15(16(13)24-10-12-4-2-1-3-5-12)17(22)19-8-9-23-11-14(19)18-20/h1-7,9,14,18H,8,10-11H2. The molecule has 1 atom stereocenters. The maximum absolute atomic E-state index is 12.8. The quantitative estimate of drug-likeness (QED) is 0.909. The number of aromatic nitrogens is 1. The highest BCUT2D eigenvalue weighted by atomic mass is 16.5. The Bertz CT molecular complexity index is 818. The van der Waals surface area contributed by atoms with Gasteiger partial charge >= 0.3 is 0 Å². The van der Waals surface area contributed by atoms with Crippen molar-refractivity contribution in [2.24, 2.45) is 0 Å². The SMILES string of the molecule is O=C1c2c(OCc3ccccc3)c(=O)ccn2NC2CO[CH]CN12. The van der Waals surface area contributed by atoms with Gasteiger partial charge in [0.1, 0.15) is 19.4 Å². The highest BCUT2D eigenvalue weighted by Crippen LogP contribution is 2.23. The molecule has 1 saturated heterocycles. The Kier molecular flexibility index (Phi) is 3.70. The average Bonchev–Trinajstić information content (AvgIpc) is 2.62. The summed E-state index contributed by atoms with van der Waals surface area (Å²) in [6.45, 7) is 2.52. The van der Waals surface area contributed by atoms with Gasteiger partial charge in [-0.15, -0.1) is 0 Å². The number of carbonyl (C=O) groups is 1. The predicted octanol–water partition coefficient (Wildman–Crippen LogP) is 0.945. The largest absolute Gasteiger partial charge is 0.482 e. The van der Waals surface area contributed by atoms with Crippen LogP contribution in [0.3, 0.4) is 0 Å². The molecule has 7 heteroatoms. The van der Waals surface area contributed by atoms with E-state index in [0.29, 0.717) is 13.2 Å². The van der Waals surface area contributed by atoms with E-state index in [2.05, 4.69) is 5.43 Å². The van der Waals surface area contributed by atoms with Crippen LogP contribution in [0.2, 0.25) is 0 Å². The van der Waals surface area contributed by atoms with Gasteiger partial charge in [-0.3, -0.25) is 14.3 Å². The number of carbonyl (C=O) groups excluding carboxylic acids is 1. The molecule has 4 rings (SSSR count). The van der Waals surface area contributed by atoms with Crippen LogP contribution < -0.4 is 15.6 Å². The van der Waals surface area contributed by atoms with Gasteiger partial charge in [-0.05, 0) is 5.56 Å². The highest BCUT2D eigenvalue weighted by Gasteiger charge is 2.37. The number of hydrogen-bond donors (Lipinski definition) is 1. The van der Waals surface area contributed by atoms with Crippen molar-refractivity contribution >= 4 is 5.91 Å². The number of nitrogens with one attached hydrogen (secondary N) is 1. The Morgan fingerprint density at radius 2 is 2.04 bits per heavy atom. The number of rotatable bonds is 3. The lowest BCUT2D eigenvalue weighted by atomic mass is 10.2. The van der Waals surface area contributed by atoms with Gasteiger partial charge in [0.25, 0.3) is 5.91 Å². The van der Waals surface area contributed by atoms with Crippen LogP contribution in [-0.2, 0) is 11.3 Å².